The monoisotopic (exact) mass is 478 g/mol. The molecule has 5 heterocycles. The van der Waals surface area contributed by atoms with Gasteiger partial charge in [-0.1, -0.05) is 0 Å². The Morgan fingerprint density at radius 3 is 2.51 bits per heavy atom. The second kappa shape index (κ2) is 8.33. The molecule has 3 aromatic rings. The summed E-state index contributed by atoms with van der Waals surface area (Å²) in [4.78, 5) is 15.1. The molecule has 1 amide bonds. The van der Waals surface area contributed by atoms with Gasteiger partial charge >= 0.3 is 0 Å². The summed E-state index contributed by atoms with van der Waals surface area (Å²) in [7, 11) is 3.14. The number of fused-ring (bicyclic) bond motifs is 2. The van der Waals surface area contributed by atoms with E-state index in [0.717, 1.165) is 48.6 Å². The number of carbonyl (C=O) groups is 1. The standard InChI is InChI=1S/C24H26N6O5/c1-13-20-14(15-10-16(32-2)22-23(21(15)33-3)35-12-34-22)11-19(31)25-24(20)30(28-13)18-7-6-17(26-27-18)29-8-4-5-9-29/h6-7,10,14H,4-5,8-9,11-12H2,1-3H3,(H,25,31). The molecule has 0 aliphatic carbocycles. The van der Waals surface area contributed by atoms with Gasteiger partial charge in [-0.3, -0.25) is 4.79 Å². The van der Waals surface area contributed by atoms with Gasteiger partial charge in [0, 0.05) is 36.6 Å². The average Bonchev–Trinajstić information content (AvgIpc) is 3.63. The van der Waals surface area contributed by atoms with E-state index in [1.165, 1.54) is 0 Å². The van der Waals surface area contributed by atoms with Gasteiger partial charge in [0.2, 0.25) is 24.2 Å². The number of anilines is 2. The third kappa shape index (κ3) is 3.41. The van der Waals surface area contributed by atoms with E-state index in [0.29, 0.717) is 34.6 Å². The van der Waals surface area contributed by atoms with Crippen LogP contribution < -0.4 is 29.2 Å². The Morgan fingerprint density at radius 1 is 1.06 bits per heavy atom. The minimum absolute atomic E-state index is 0.0744. The molecule has 2 aromatic heterocycles. The Labute approximate surface area is 201 Å². The lowest BCUT2D eigenvalue weighted by molar-refractivity contribution is -0.116. The molecule has 0 radical (unpaired) electrons. The summed E-state index contributed by atoms with van der Waals surface area (Å²) in [6, 6.07) is 5.68. The molecular formula is C24H26N6O5. The van der Waals surface area contributed by atoms with Crippen molar-refractivity contribution in [2.75, 3.05) is 44.3 Å². The number of amides is 1. The number of hydrogen-bond donors (Lipinski definition) is 1. The molecule has 3 aliphatic rings. The largest absolute Gasteiger partial charge is 0.493 e. The van der Waals surface area contributed by atoms with E-state index in [4.69, 9.17) is 24.0 Å². The highest BCUT2D eigenvalue weighted by atomic mass is 16.7. The summed E-state index contributed by atoms with van der Waals surface area (Å²) < 4.78 is 24.2. The maximum atomic E-state index is 12.9. The van der Waals surface area contributed by atoms with Gasteiger partial charge in [-0.15, -0.1) is 10.2 Å². The van der Waals surface area contributed by atoms with Crippen molar-refractivity contribution in [3.05, 3.63) is 35.0 Å². The topological polar surface area (TPSA) is 113 Å². The molecule has 0 spiro atoms. The third-order valence-corrected chi connectivity index (χ3v) is 6.78. The average molecular weight is 479 g/mol. The van der Waals surface area contributed by atoms with Crippen molar-refractivity contribution in [3.8, 4) is 28.8 Å². The highest BCUT2D eigenvalue weighted by Gasteiger charge is 2.38. The van der Waals surface area contributed by atoms with Crippen molar-refractivity contribution < 1.29 is 23.7 Å². The van der Waals surface area contributed by atoms with Crippen molar-refractivity contribution in [2.24, 2.45) is 0 Å². The number of nitrogens with zero attached hydrogens (tertiary/aromatic N) is 5. The molecule has 1 saturated heterocycles. The first kappa shape index (κ1) is 21.5. The molecule has 1 fully saturated rings. The minimum atomic E-state index is -0.331. The van der Waals surface area contributed by atoms with Crippen LogP contribution in [0.5, 0.6) is 23.0 Å². The van der Waals surface area contributed by atoms with Crippen LogP contribution in [0.1, 0.15) is 42.0 Å². The van der Waals surface area contributed by atoms with Crippen LogP contribution in [0.15, 0.2) is 18.2 Å². The van der Waals surface area contributed by atoms with Crippen molar-refractivity contribution in [1.29, 1.82) is 0 Å². The number of benzene rings is 1. The second-order valence-corrected chi connectivity index (χ2v) is 8.77. The molecule has 3 aliphatic heterocycles. The van der Waals surface area contributed by atoms with E-state index in [-0.39, 0.29) is 25.0 Å². The highest BCUT2D eigenvalue weighted by Crippen LogP contribution is 2.54. The van der Waals surface area contributed by atoms with Crippen LogP contribution in [0, 0.1) is 6.92 Å². The van der Waals surface area contributed by atoms with E-state index in [1.54, 1.807) is 18.9 Å². The second-order valence-electron chi connectivity index (χ2n) is 8.77. The maximum Gasteiger partial charge on any atom is 0.231 e. The normalized spacial score (nSPS) is 18.4. The predicted octanol–water partition coefficient (Wildman–Crippen LogP) is 2.79. The summed E-state index contributed by atoms with van der Waals surface area (Å²) >= 11 is 0. The lowest BCUT2D eigenvalue weighted by atomic mass is 9.84. The van der Waals surface area contributed by atoms with Gasteiger partial charge in [-0.05, 0) is 38.0 Å². The third-order valence-electron chi connectivity index (χ3n) is 6.78. The summed E-state index contributed by atoms with van der Waals surface area (Å²) in [5.74, 6) is 3.51. The number of nitrogens with one attached hydrogen (secondary N) is 1. The number of rotatable bonds is 5. The zero-order chi connectivity index (χ0) is 24.1. The van der Waals surface area contributed by atoms with Crippen LogP contribution >= 0.6 is 0 Å². The van der Waals surface area contributed by atoms with Crippen molar-refractivity contribution in [3.63, 3.8) is 0 Å². The van der Waals surface area contributed by atoms with E-state index < -0.39 is 0 Å². The van der Waals surface area contributed by atoms with Gasteiger partial charge in [-0.2, -0.15) is 9.78 Å². The van der Waals surface area contributed by atoms with Gasteiger partial charge in [0.1, 0.15) is 5.82 Å². The van der Waals surface area contributed by atoms with Gasteiger partial charge < -0.3 is 29.2 Å². The Morgan fingerprint density at radius 2 is 1.80 bits per heavy atom. The minimum Gasteiger partial charge on any atom is -0.493 e. The van der Waals surface area contributed by atoms with Crippen LogP contribution in [0.25, 0.3) is 5.82 Å². The SMILES string of the molecule is COc1cc(C2CC(=O)Nc3c2c(C)nn3-c2ccc(N3CCCC3)nn2)c(OC)c2c1OCO2. The summed E-state index contributed by atoms with van der Waals surface area (Å²) in [6.45, 7) is 3.97. The Balaban J connectivity index is 1.45. The number of aryl methyl sites for hydroxylation is 1. The molecule has 11 heteroatoms. The summed E-state index contributed by atoms with van der Waals surface area (Å²) in [5.41, 5.74) is 2.42. The van der Waals surface area contributed by atoms with E-state index in [2.05, 4.69) is 20.4 Å². The fraction of sp³-hybridized carbons (Fsp3) is 0.417. The number of carbonyl (C=O) groups excluding carboxylic acids is 1. The summed E-state index contributed by atoms with van der Waals surface area (Å²) in [6.07, 6.45) is 2.55. The van der Waals surface area contributed by atoms with Crippen LogP contribution in [0.4, 0.5) is 11.6 Å². The molecule has 1 aromatic carbocycles. The highest BCUT2D eigenvalue weighted by molar-refractivity contribution is 5.95. The molecule has 11 nitrogen and oxygen atoms in total. The molecular weight excluding hydrogens is 452 g/mol. The molecule has 0 bridgehead atoms. The first-order valence-electron chi connectivity index (χ1n) is 11.6. The zero-order valence-corrected chi connectivity index (χ0v) is 19.8. The Bertz CT molecular complexity index is 1300. The van der Waals surface area contributed by atoms with Crippen molar-refractivity contribution in [1.82, 2.24) is 20.0 Å². The number of aromatic nitrogens is 4. The molecule has 35 heavy (non-hydrogen) atoms. The zero-order valence-electron chi connectivity index (χ0n) is 19.8. The van der Waals surface area contributed by atoms with Gasteiger partial charge in [-0.25, -0.2) is 0 Å². The maximum absolute atomic E-state index is 12.9. The molecule has 182 valence electrons. The Kier molecular flexibility index (Phi) is 5.12. The summed E-state index contributed by atoms with van der Waals surface area (Å²) in [5, 5.41) is 16.6. The molecule has 1 unspecified atom stereocenters. The smallest absolute Gasteiger partial charge is 0.231 e. The van der Waals surface area contributed by atoms with Crippen LogP contribution in [0.2, 0.25) is 0 Å². The number of hydrogen-bond acceptors (Lipinski definition) is 9. The fourth-order valence-corrected chi connectivity index (χ4v) is 5.18. The van der Waals surface area contributed by atoms with Crippen molar-refractivity contribution in [2.45, 2.75) is 32.1 Å². The Hall–Kier alpha value is -4.02. The van der Waals surface area contributed by atoms with Crippen LogP contribution in [-0.4, -0.2) is 60.0 Å². The molecule has 6 rings (SSSR count). The molecule has 1 atom stereocenters. The van der Waals surface area contributed by atoms with Crippen LogP contribution in [0.3, 0.4) is 0 Å². The lowest BCUT2D eigenvalue weighted by Crippen LogP contribution is -2.25. The van der Waals surface area contributed by atoms with Gasteiger partial charge in [0.25, 0.3) is 0 Å². The first-order chi connectivity index (χ1) is 17.1. The quantitative estimate of drug-likeness (QED) is 0.591. The van der Waals surface area contributed by atoms with E-state index >= 15 is 0 Å². The van der Waals surface area contributed by atoms with Gasteiger partial charge in [0.05, 0.1) is 19.9 Å². The lowest BCUT2D eigenvalue weighted by Gasteiger charge is -2.26. The predicted molar refractivity (Wildman–Crippen MR) is 126 cm³/mol. The number of methoxy groups -OCH3 is 2. The molecule has 0 saturated carbocycles. The molecule has 1 N–H and O–H groups in total. The van der Waals surface area contributed by atoms with E-state index in [1.807, 2.05) is 25.1 Å². The fourth-order valence-electron chi connectivity index (χ4n) is 5.18. The van der Waals surface area contributed by atoms with Crippen molar-refractivity contribution >= 4 is 17.5 Å². The van der Waals surface area contributed by atoms with Gasteiger partial charge in [0.15, 0.2) is 23.1 Å². The number of ether oxygens (including phenoxy) is 4. The van der Waals surface area contributed by atoms with E-state index in [9.17, 15) is 4.79 Å². The first-order valence-corrected chi connectivity index (χ1v) is 11.6. The van der Waals surface area contributed by atoms with Crippen LogP contribution in [-0.2, 0) is 4.79 Å².